The van der Waals surface area contributed by atoms with Crippen LogP contribution in [-0.4, -0.2) is 20.0 Å². The maximum Gasteiger partial charge on any atom is 0.224 e. The number of carbonyl (C=O) groups is 1. The molecule has 122 valence electrons. The van der Waals surface area contributed by atoms with E-state index in [-0.39, 0.29) is 12.1 Å². The van der Waals surface area contributed by atoms with Crippen molar-refractivity contribution in [2.45, 2.75) is 12.8 Å². The average molecular weight is 322 g/mol. The van der Waals surface area contributed by atoms with Gasteiger partial charge in [0.25, 0.3) is 0 Å². The summed E-state index contributed by atoms with van der Waals surface area (Å²) < 4.78 is 39.4. The Balaban J connectivity index is 1.94. The van der Waals surface area contributed by atoms with Gasteiger partial charge in [0.05, 0.1) is 5.69 Å². The van der Waals surface area contributed by atoms with Crippen LogP contribution in [-0.2, 0) is 11.2 Å². The van der Waals surface area contributed by atoms with Gasteiger partial charge in [0.2, 0.25) is 5.91 Å². The Kier molecular flexibility index (Phi) is 5.26. The number of hydrogen-bond acceptors (Lipinski definition) is 2. The van der Waals surface area contributed by atoms with E-state index in [0.29, 0.717) is 6.42 Å². The van der Waals surface area contributed by atoms with E-state index in [1.165, 1.54) is 0 Å². The predicted molar refractivity (Wildman–Crippen MR) is 84.0 cm³/mol. The third-order valence-corrected chi connectivity index (χ3v) is 3.40. The molecular formula is C17H17F3N2O. The zero-order valence-corrected chi connectivity index (χ0v) is 12.9. The maximum atomic E-state index is 13.5. The van der Waals surface area contributed by atoms with Gasteiger partial charge in [0.1, 0.15) is 0 Å². The lowest BCUT2D eigenvalue weighted by Gasteiger charge is -2.12. The first-order chi connectivity index (χ1) is 10.9. The van der Waals surface area contributed by atoms with Crippen molar-refractivity contribution in [3.05, 3.63) is 59.4 Å². The topological polar surface area (TPSA) is 32.3 Å². The van der Waals surface area contributed by atoms with Crippen LogP contribution in [0, 0.1) is 17.5 Å². The van der Waals surface area contributed by atoms with Gasteiger partial charge in [-0.15, -0.1) is 0 Å². The highest BCUT2D eigenvalue weighted by molar-refractivity contribution is 5.90. The highest BCUT2D eigenvalue weighted by Gasteiger charge is 2.15. The number of aryl methyl sites for hydroxylation is 1. The van der Waals surface area contributed by atoms with Crippen LogP contribution < -0.4 is 10.2 Å². The van der Waals surface area contributed by atoms with Crippen molar-refractivity contribution >= 4 is 17.3 Å². The van der Waals surface area contributed by atoms with Crippen molar-refractivity contribution in [3.8, 4) is 0 Å². The fourth-order valence-electron chi connectivity index (χ4n) is 2.05. The molecule has 6 heteroatoms. The number of hydrogen-bond donors (Lipinski definition) is 1. The van der Waals surface area contributed by atoms with Crippen LogP contribution in [0.15, 0.2) is 36.4 Å². The van der Waals surface area contributed by atoms with Crippen LogP contribution >= 0.6 is 0 Å². The zero-order chi connectivity index (χ0) is 17.0. The second-order valence-electron chi connectivity index (χ2n) is 5.33. The van der Waals surface area contributed by atoms with Crippen LogP contribution in [0.3, 0.4) is 0 Å². The van der Waals surface area contributed by atoms with Gasteiger partial charge in [-0.1, -0.05) is 12.1 Å². The summed E-state index contributed by atoms with van der Waals surface area (Å²) >= 11 is 0. The van der Waals surface area contributed by atoms with E-state index in [9.17, 15) is 18.0 Å². The lowest BCUT2D eigenvalue weighted by atomic mass is 10.1. The second-order valence-corrected chi connectivity index (χ2v) is 5.33. The SMILES string of the molecule is CN(C)c1ccc(CCC(=O)Nc2ccc(F)c(F)c2F)cc1. The number of anilines is 2. The number of nitrogens with one attached hydrogen (secondary N) is 1. The summed E-state index contributed by atoms with van der Waals surface area (Å²) in [5.74, 6) is -4.75. The van der Waals surface area contributed by atoms with Gasteiger partial charge >= 0.3 is 0 Å². The lowest BCUT2D eigenvalue weighted by molar-refractivity contribution is -0.116. The monoisotopic (exact) mass is 322 g/mol. The van der Waals surface area contributed by atoms with Crippen molar-refractivity contribution in [1.29, 1.82) is 0 Å². The second kappa shape index (κ2) is 7.17. The molecule has 2 aromatic carbocycles. The number of carbonyl (C=O) groups excluding carboxylic acids is 1. The van der Waals surface area contributed by atoms with Gasteiger partial charge in [0.15, 0.2) is 17.5 Å². The molecule has 0 bridgehead atoms. The van der Waals surface area contributed by atoms with E-state index < -0.39 is 23.4 Å². The minimum absolute atomic E-state index is 0.111. The van der Waals surface area contributed by atoms with E-state index in [0.717, 1.165) is 23.4 Å². The Morgan fingerprint density at radius 1 is 1.00 bits per heavy atom. The van der Waals surface area contributed by atoms with E-state index in [1.54, 1.807) is 0 Å². The molecule has 0 aromatic heterocycles. The Bertz CT molecular complexity index is 700. The van der Waals surface area contributed by atoms with Gasteiger partial charge in [-0.25, -0.2) is 13.2 Å². The number of rotatable bonds is 5. The largest absolute Gasteiger partial charge is 0.378 e. The smallest absolute Gasteiger partial charge is 0.224 e. The summed E-state index contributed by atoms with van der Waals surface area (Å²) in [5, 5.41) is 2.25. The Hall–Kier alpha value is -2.50. The molecule has 23 heavy (non-hydrogen) atoms. The molecule has 0 radical (unpaired) electrons. The molecule has 0 aliphatic heterocycles. The Labute approximate surface area is 132 Å². The molecule has 0 aliphatic carbocycles. The minimum atomic E-state index is -1.60. The van der Waals surface area contributed by atoms with Crippen molar-refractivity contribution in [2.24, 2.45) is 0 Å². The average Bonchev–Trinajstić information content (AvgIpc) is 2.54. The quantitative estimate of drug-likeness (QED) is 0.851. The summed E-state index contributed by atoms with van der Waals surface area (Å²) in [5.41, 5.74) is 1.63. The van der Waals surface area contributed by atoms with Crippen LogP contribution in [0.5, 0.6) is 0 Å². The van der Waals surface area contributed by atoms with Crippen molar-refractivity contribution < 1.29 is 18.0 Å². The first-order valence-corrected chi connectivity index (χ1v) is 7.08. The Morgan fingerprint density at radius 3 is 2.26 bits per heavy atom. The Morgan fingerprint density at radius 2 is 1.65 bits per heavy atom. The third-order valence-electron chi connectivity index (χ3n) is 3.40. The first-order valence-electron chi connectivity index (χ1n) is 7.08. The van der Waals surface area contributed by atoms with E-state index in [2.05, 4.69) is 5.32 Å². The number of amides is 1. The summed E-state index contributed by atoms with van der Waals surface area (Å²) in [6.45, 7) is 0. The molecule has 0 saturated heterocycles. The van der Waals surface area contributed by atoms with Crippen molar-refractivity contribution in [1.82, 2.24) is 0 Å². The molecule has 0 aliphatic rings. The van der Waals surface area contributed by atoms with Gasteiger partial charge < -0.3 is 10.2 Å². The van der Waals surface area contributed by atoms with E-state index in [4.69, 9.17) is 0 Å². The third kappa shape index (κ3) is 4.25. The molecule has 1 amide bonds. The molecule has 0 spiro atoms. The number of halogens is 3. The van der Waals surface area contributed by atoms with Gasteiger partial charge in [0, 0.05) is 26.2 Å². The predicted octanol–water partition coefficient (Wildman–Crippen LogP) is 3.74. The van der Waals surface area contributed by atoms with Gasteiger partial charge in [-0.3, -0.25) is 4.79 Å². The lowest BCUT2D eigenvalue weighted by Crippen LogP contribution is -2.14. The minimum Gasteiger partial charge on any atom is -0.378 e. The summed E-state index contributed by atoms with van der Waals surface area (Å²) in [6.07, 6.45) is 0.574. The molecule has 0 atom stereocenters. The van der Waals surface area contributed by atoms with Crippen LogP contribution in [0.25, 0.3) is 0 Å². The standard InChI is InChI=1S/C17H17F3N2O/c1-22(2)12-6-3-11(4-7-12)5-10-15(23)21-14-9-8-13(18)16(19)17(14)20/h3-4,6-9H,5,10H2,1-2H3,(H,21,23). The molecule has 0 saturated carbocycles. The molecular weight excluding hydrogens is 305 g/mol. The normalized spacial score (nSPS) is 10.5. The molecule has 2 rings (SSSR count). The first kappa shape index (κ1) is 16.9. The van der Waals surface area contributed by atoms with Crippen LogP contribution in [0.4, 0.5) is 24.5 Å². The molecule has 2 aromatic rings. The molecule has 0 unspecified atom stereocenters. The maximum absolute atomic E-state index is 13.5. The number of benzene rings is 2. The summed E-state index contributed by atoms with van der Waals surface area (Å²) in [7, 11) is 3.86. The van der Waals surface area contributed by atoms with E-state index in [1.807, 2.05) is 43.3 Å². The highest BCUT2D eigenvalue weighted by Crippen LogP contribution is 2.20. The van der Waals surface area contributed by atoms with Crippen LogP contribution in [0.2, 0.25) is 0 Å². The van der Waals surface area contributed by atoms with Crippen molar-refractivity contribution in [2.75, 3.05) is 24.3 Å². The number of nitrogens with zero attached hydrogens (tertiary/aromatic N) is 1. The van der Waals surface area contributed by atoms with Gasteiger partial charge in [-0.05, 0) is 36.2 Å². The molecule has 1 N–H and O–H groups in total. The summed E-state index contributed by atoms with van der Waals surface area (Å²) in [6, 6.07) is 9.44. The highest BCUT2D eigenvalue weighted by atomic mass is 19.2. The van der Waals surface area contributed by atoms with Crippen molar-refractivity contribution in [3.63, 3.8) is 0 Å². The van der Waals surface area contributed by atoms with Gasteiger partial charge in [-0.2, -0.15) is 0 Å². The van der Waals surface area contributed by atoms with Crippen LogP contribution in [0.1, 0.15) is 12.0 Å². The molecule has 0 heterocycles. The zero-order valence-electron chi connectivity index (χ0n) is 12.9. The molecule has 3 nitrogen and oxygen atoms in total. The fraction of sp³-hybridized carbons (Fsp3) is 0.235. The fourth-order valence-corrected chi connectivity index (χ4v) is 2.05. The van der Waals surface area contributed by atoms with E-state index >= 15 is 0 Å². The summed E-state index contributed by atoms with van der Waals surface area (Å²) in [4.78, 5) is 13.8. The molecule has 0 fully saturated rings.